The molecule has 0 radical (unpaired) electrons. The lowest BCUT2D eigenvalue weighted by Crippen LogP contribution is -2.01. The summed E-state index contributed by atoms with van der Waals surface area (Å²) in [6, 6.07) is 13.3. The summed E-state index contributed by atoms with van der Waals surface area (Å²) in [7, 11) is 0. The molecule has 20 heavy (non-hydrogen) atoms. The molecule has 0 aliphatic heterocycles. The quantitative estimate of drug-likeness (QED) is 0.474. The summed E-state index contributed by atoms with van der Waals surface area (Å²) < 4.78 is 5.24. The van der Waals surface area contributed by atoms with Gasteiger partial charge in [0.05, 0.1) is 0 Å². The standard InChI is InChI=1S/C17H12O3/c1-2-11-20-16-9-7-15(8-10-16)17(19)14-5-3-13(12-18)4-6-14/h1,3-10,12H,11H2. The van der Waals surface area contributed by atoms with Crippen LogP contribution in [0.15, 0.2) is 48.5 Å². The third-order valence-electron chi connectivity index (χ3n) is 2.75. The van der Waals surface area contributed by atoms with Crippen molar-refractivity contribution in [2.45, 2.75) is 0 Å². The van der Waals surface area contributed by atoms with Crippen LogP contribution in [0.1, 0.15) is 26.3 Å². The maximum Gasteiger partial charge on any atom is 0.193 e. The van der Waals surface area contributed by atoms with Gasteiger partial charge in [-0.15, -0.1) is 6.42 Å². The second kappa shape index (κ2) is 6.35. The van der Waals surface area contributed by atoms with Gasteiger partial charge in [0, 0.05) is 16.7 Å². The van der Waals surface area contributed by atoms with E-state index in [0.29, 0.717) is 22.4 Å². The largest absolute Gasteiger partial charge is 0.481 e. The van der Waals surface area contributed by atoms with E-state index in [-0.39, 0.29) is 12.4 Å². The molecule has 0 saturated carbocycles. The monoisotopic (exact) mass is 264 g/mol. The van der Waals surface area contributed by atoms with Crippen LogP contribution < -0.4 is 4.74 Å². The smallest absolute Gasteiger partial charge is 0.193 e. The lowest BCUT2D eigenvalue weighted by Gasteiger charge is -2.04. The molecule has 0 unspecified atom stereocenters. The van der Waals surface area contributed by atoms with Crippen molar-refractivity contribution in [3.8, 4) is 18.1 Å². The zero-order valence-corrected chi connectivity index (χ0v) is 10.7. The number of benzene rings is 2. The minimum atomic E-state index is -0.106. The van der Waals surface area contributed by atoms with Crippen LogP contribution in [0.5, 0.6) is 5.75 Å². The Kier molecular flexibility index (Phi) is 4.31. The lowest BCUT2D eigenvalue weighted by atomic mass is 10.0. The molecule has 0 fully saturated rings. The van der Waals surface area contributed by atoms with E-state index in [4.69, 9.17) is 11.2 Å². The molecule has 3 heteroatoms. The van der Waals surface area contributed by atoms with Gasteiger partial charge >= 0.3 is 0 Å². The van der Waals surface area contributed by atoms with E-state index in [1.165, 1.54) is 0 Å². The van der Waals surface area contributed by atoms with Gasteiger partial charge in [0.15, 0.2) is 5.78 Å². The number of aldehydes is 1. The average molecular weight is 264 g/mol. The van der Waals surface area contributed by atoms with Crippen LogP contribution in [0.3, 0.4) is 0 Å². The van der Waals surface area contributed by atoms with Crippen molar-refractivity contribution in [1.29, 1.82) is 0 Å². The number of carbonyl (C=O) groups excluding carboxylic acids is 2. The minimum absolute atomic E-state index is 0.106. The van der Waals surface area contributed by atoms with Gasteiger partial charge in [-0.25, -0.2) is 0 Å². The molecule has 0 aliphatic carbocycles. The van der Waals surface area contributed by atoms with Crippen LogP contribution in [0, 0.1) is 12.3 Å². The number of terminal acetylenes is 1. The maximum atomic E-state index is 12.2. The number of hydrogen-bond acceptors (Lipinski definition) is 3. The number of carbonyl (C=O) groups is 2. The molecule has 98 valence electrons. The fraction of sp³-hybridized carbons (Fsp3) is 0.0588. The molecule has 0 saturated heterocycles. The summed E-state index contributed by atoms with van der Waals surface area (Å²) in [5, 5.41) is 0. The number of ether oxygens (including phenoxy) is 1. The molecule has 2 rings (SSSR count). The Hall–Kier alpha value is -2.86. The first kappa shape index (κ1) is 13.6. The minimum Gasteiger partial charge on any atom is -0.481 e. The van der Waals surface area contributed by atoms with Crippen molar-refractivity contribution in [2.75, 3.05) is 6.61 Å². The van der Waals surface area contributed by atoms with Gasteiger partial charge in [-0.1, -0.05) is 30.2 Å². The zero-order chi connectivity index (χ0) is 14.4. The van der Waals surface area contributed by atoms with Crippen LogP contribution in [0.2, 0.25) is 0 Å². The Balaban J connectivity index is 2.16. The molecule has 0 N–H and O–H groups in total. The molecule has 2 aromatic rings. The fourth-order valence-corrected chi connectivity index (χ4v) is 1.71. The van der Waals surface area contributed by atoms with Gasteiger partial charge in [-0.2, -0.15) is 0 Å². The average Bonchev–Trinajstić information content (AvgIpc) is 2.53. The second-order valence-corrected chi connectivity index (χ2v) is 4.09. The molecule has 0 aromatic heterocycles. The van der Waals surface area contributed by atoms with Crippen molar-refractivity contribution in [2.24, 2.45) is 0 Å². The van der Waals surface area contributed by atoms with Crippen molar-refractivity contribution in [3.05, 3.63) is 65.2 Å². The molecule has 0 atom stereocenters. The molecule has 0 spiro atoms. The van der Waals surface area contributed by atoms with Crippen molar-refractivity contribution < 1.29 is 14.3 Å². The summed E-state index contributed by atoms with van der Waals surface area (Å²) >= 11 is 0. The molecule has 0 aliphatic rings. The number of hydrogen-bond donors (Lipinski definition) is 0. The highest BCUT2D eigenvalue weighted by Crippen LogP contribution is 2.15. The Morgan fingerprint density at radius 2 is 1.60 bits per heavy atom. The Morgan fingerprint density at radius 1 is 1.05 bits per heavy atom. The van der Waals surface area contributed by atoms with E-state index >= 15 is 0 Å². The molecule has 2 aromatic carbocycles. The number of ketones is 1. The predicted octanol–water partition coefficient (Wildman–Crippen LogP) is 2.74. The molecular formula is C17H12O3. The first-order chi connectivity index (χ1) is 9.74. The van der Waals surface area contributed by atoms with Gasteiger partial charge in [0.2, 0.25) is 0 Å². The summed E-state index contributed by atoms with van der Waals surface area (Å²) in [5.41, 5.74) is 1.63. The maximum absolute atomic E-state index is 12.2. The van der Waals surface area contributed by atoms with Gasteiger partial charge in [-0.05, 0) is 24.3 Å². The first-order valence-corrected chi connectivity index (χ1v) is 6.01. The van der Waals surface area contributed by atoms with E-state index in [0.717, 1.165) is 6.29 Å². The van der Waals surface area contributed by atoms with Crippen molar-refractivity contribution in [1.82, 2.24) is 0 Å². The highest BCUT2D eigenvalue weighted by molar-refractivity contribution is 6.09. The van der Waals surface area contributed by atoms with E-state index in [2.05, 4.69) is 5.92 Å². The third kappa shape index (κ3) is 3.12. The fourth-order valence-electron chi connectivity index (χ4n) is 1.71. The van der Waals surface area contributed by atoms with E-state index < -0.39 is 0 Å². The van der Waals surface area contributed by atoms with Crippen LogP contribution in [0.25, 0.3) is 0 Å². The Labute approximate surface area is 117 Å². The molecule has 0 heterocycles. The lowest BCUT2D eigenvalue weighted by molar-refractivity contribution is 0.103. The van der Waals surface area contributed by atoms with E-state index in [1.54, 1.807) is 48.5 Å². The Morgan fingerprint density at radius 3 is 2.10 bits per heavy atom. The van der Waals surface area contributed by atoms with Gasteiger partial charge in [-0.3, -0.25) is 9.59 Å². The topological polar surface area (TPSA) is 43.4 Å². The first-order valence-electron chi connectivity index (χ1n) is 6.01. The van der Waals surface area contributed by atoms with Crippen LogP contribution in [-0.2, 0) is 0 Å². The SMILES string of the molecule is C#CCOc1ccc(C(=O)c2ccc(C=O)cc2)cc1. The third-order valence-corrected chi connectivity index (χ3v) is 2.75. The van der Waals surface area contributed by atoms with Gasteiger partial charge in [0.1, 0.15) is 18.6 Å². The van der Waals surface area contributed by atoms with Crippen molar-refractivity contribution in [3.63, 3.8) is 0 Å². The van der Waals surface area contributed by atoms with Crippen LogP contribution in [-0.4, -0.2) is 18.7 Å². The normalized spacial score (nSPS) is 9.55. The van der Waals surface area contributed by atoms with Crippen LogP contribution >= 0.6 is 0 Å². The molecule has 0 bridgehead atoms. The van der Waals surface area contributed by atoms with E-state index in [1.807, 2.05) is 0 Å². The molecule has 3 nitrogen and oxygen atoms in total. The summed E-state index contributed by atoms with van der Waals surface area (Å²) in [4.78, 5) is 22.8. The van der Waals surface area contributed by atoms with Crippen LogP contribution in [0.4, 0.5) is 0 Å². The Bertz CT molecular complexity index is 646. The van der Waals surface area contributed by atoms with Crippen molar-refractivity contribution >= 4 is 12.1 Å². The molecule has 0 amide bonds. The predicted molar refractivity (Wildman–Crippen MR) is 76.0 cm³/mol. The highest BCUT2D eigenvalue weighted by atomic mass is 16.5. The van der Waals surface area contributed by atoms with E-state index in [9.17, 15) is 9.59 Å². The number of rotatable bonds is 5. The van der Waals surface area contributed by atoms with Gasteiger partial charge < -0.3 is 4.74 Å². The second-order valence-electron chi connectivity index (χ2n) is 4.09. The summed E-state index contributed by atoms with van der Waals surface area (Å²) in [6.07, 6.45) is 5.84. The molecular weight excluding hydrogens is 252 g/mol. The summed E-state index contributed by atoms with van der Waals surface area (Å²) in [5.74, 6) is 2.89. The highest BCUT2D eigenvalue weighted by Gasteiger charge is 2.08. The summed E-state index contributed by atoms with van der Waals surface area (Å²) in [6.45, 7) is 0.195. The zero-order valence-electron chi connectivity index (χ0n) is 10.7. The van der Waals surface area contributed by atoms with Gasteiger partial charge in [0.25, 0.3) is 0 Å².